The lowest BCUT2D eigenvalue weighted by atomic mass is 10.00. The summed E-state index contributed by atoms with van der Waals surface area (Å²) in [6.45, 7) is 0.493. The van der Waals surface area contributed by atoms with E-state index in [0.717, 1.165) is 10.5 Å². The van der Waals surface area contributed by atoms with Crippen molar-refractivity contribution in [3.63, 3.8) is 0 Å². The number of rotatable bonds is 8. The van der Waals surface area contributed by atoms with Gasteiger partial charge in [-0.1, -0.05) is 36.4 Å². The monoisotopic (exact) mass is 495 g/mol. The van der Waals surface area contributed by atoms with Crippen molar-refractivity contribution in [2.75, 3.05) is 6.26 Å². The van der Waals surface area contributed by atoms with Gasteiger partial charge in [0.1, 0.15) is 11.3 Å². The van der Waals surface area contributed by atoms with Gasteiger partial charge in [-0.2, -0.15) is 18.4 Å². The smallest absolute Gasteiger partial charge is 0.333 e. The molecule has 0 radical (unpaired) electrons. The summed E-state index contributed by atoms with van der Waals surface area (Å²) in [5.74, 6) is -4.66. The Morgan fingerprint density at radius 3 is 2.03 bits per heavy atom. The van der Waals surface area contributed by atoms with E-state index in [0.29, 0.717) is 25.3 Å². The van der Waals surface area contributed by atoms with Gasteiger partial charge < -0.3 is 5.32 Å². The lowest BCUT2D eigenvalue weighted by molar-refractivity contribution is -0.148. The van der Waals surface area contributed by atoms with Crippen LogP contribution < -0.4 is 5.32 Å². The van der Waals surface area contributed by atoms with E-state index in [2.05, 4.69) is 10.3 Å². The number of thioether (sulfide) groups is 1. The largest absolute Gasteiger partial charge is 0.414 e. The first kappa shape index (κ1) is 25.7. The van der Waals surface area contributed by atoms with Gasteiger partial charge in [-0.05, 0) is 54.8 Å². The molecule has 0 saturated heterocycles. The van der Waals surface area contributed by atoms with Crippen molar-refractivity contribution < 1.29 is 26.7 Å². The third kappa shape index (κ3) is 6.56. The molecule has 2 aromatic rings. The molecule has 1 aliphatic rings. The highest BCUT2D eigenvalue weighted by Gasteiger charge is 2.47. The molecule has 0 aliphatic heterocycles. The van der Waals surface area contributed by atoms with Gasteiger partial charge in [0, 0.05) is 4.90 Å². The molecule has 4 nitrogen and oxygen atoms in total. The molecule has 1 saturated carbocycles. The molecule has 0 bridgehead atoms. The summed E-state index contributed by atoms with van der Waals surface area (Å²) in [7, 11) is 0. The average Bonchev–Trinajstić information content (AvgIpc) is 3.55. The van der Waals surface area contributed by atoms with Crippen LogP contribution in [0.3, 0.4) is 0 Å². The van der Waals surface area contributed by atoms with Gasteiger partial charge >= 0.3 is 6.18 Å². The second-order valence-corrected chi connectivity index (χ2v) is 9.15. The second kappa shape index (κ2) is 9.74. The summed E-state index contributed by atoms with van der Waals surface area (Å²) in [5.41, 5.74) is -1.00. The number of halogens is 5. The number of nitrogens with one attached hydrogen (secondary N) is 1. The predicted molar refractivity (Wildman–Crippen MR) is 121 cm³/mol. The molecule has 1 aliphatic carbocycles. The van der Waals surface area contributed by atoms with Crippen LogP contribution in [0, 0.1) is 11.3 Å². The molecular weight excluding hydrogens is 473 g/mol. The molecule has 180 valence electrons. The highest BCUT2D eigenvalue weighted by atomic mass is 32.2. The molecule has 1 fully saturated rings. The summed E-state index contributed by atoms with van der Waals surface area (Å²) in [4.78, 5) is 17.0. The second-order valence-electron chi connectivity index (χ2n) is 8.27. The Kier molecular flexibility index (Phi) is 7.36. The minimum atomic E-state index is -4.93. The fraction of sp³-hybridized carbons (Fsp3) is 0.375. The molecule has 0 aromatic heterocycles. The summed E-state index contributed by atoms with van der Waals surface area (Å²) < 4.78 is 69.1. The Hall–Kier alpha value is -2.93. The maximum atomic E-state index is 13.9. The first-order valence-corrected chi connectivity index (χ1v) is 11.6. The van der Waals surface area contributed by atoms with Crippen LogP contribution in [0.2, 0.25) is 0 Å². The topological polar surface area (TPSA) is 65.2 Å². The normalized spacial score (nSPS) is 16.5. The molecule has 1 atom stereocenters. The number of carbonyl (C=O) groups excluding carboxylic acids is 1. The molecule has 10 heteroatoms. The summed E-state index contributed by atoms with van der Waals surface area (Å²) in [5, 5.41) is 11.4. The lowest BCUT2D eigenvalue weighted by Crippen LogP contribution is -2.42. The number of nitriles is 1. The maximum Gasteiger partial charge on any atom is 0.414 e. The standard InChI is InChI=1S/C24H22F5N3OS/c1-22(25,26)13-19(21(33)32-23(14-30)11-12-23)31-20(24(27,28)29)17-5-3-15(4-6-17)16-7-9-18(34-2)10-8-16/h3-10,20H,11-13H2,1-2H3,(H,32,33)/t20-/m0/s1. The molecule has 34 heavy (non-hydrogen) atoms. The summed E-state index contributed by atoms with van der Waals surface area (Å²) in [6, 6.07) is 12.2. The van der Waals surface area contributed by atoms with Crippen LogP contribution in [0.15, 0.2) is 58.4 Å². The SMILES string of the molecule is CSc1ccc(-c2ccc([C@H](N=C(CC(C)(F)F)C(=O)NC3(C#N)CC3)C(F)(F)F)cc2)cc1. The number of aliphatic imine (C=N–C) groups is 1. The van der Waals surface area contributed by atoms with Gasteiger partial charge in [0.15, 0.2) is 6.04 Å². The number of hydrogen-bond donors (Lipinski definition) is 1. The van der Waals surface area contributed by atoms with Crippen LogP contribution >= 0.6 is 11.8 Å². The third-order valence-electron chi connectivity index (χ3n) is 5.30. The van der Waals surface area contributed by atoms with E-state index in [-0.39, 0.29) is 5.56 Å². The first-order chi connectivity index (χ1) is 15.9. The Morgan fingerprint density at radius 1 is 1.09 bits per heavy atom. The maximum absolute atomic E-state index is 13.9. The number of hydrogen-bond acceptors (Lipinski definition) is 4. The lowest BCUT2D eigenvalue weighted by Gasteiger charge is -2.21. The number of nitrogens with zero attached hydrogens (tertiary/aromatic N) is 2. The van der Waals surface area contributed by atoms with Crippen LogP contribution in [0.4, 0.5) is 22.0 Å². The van der Waals surface area contributed by atoms with Crippen molar-refractivity contribution in [1.29, 1.82) is 5.26 Å². The Labute approximate surface area is 198 Å². The van der Waals surface area contributed by atoms with Crippen molar-refractivity contribution in [2.45, 2.75) is 54.8 Å². The Balaban J connectivity index is 1.94. The van der Waals surface area contributed by atoms with Crippen LogP contribution in [-0.4, -0.2) is 35.5 Å². The minimum Gasteiger partial charge on any atom is -0.333 e. The van der Waals surface area contributed by atoms with Crippen molar-refractivity contribution >= 4 is 23.4 Å². The third-order valence-corrected chi connectivity index (χ3v) is 6.05. The molecule has 1 N–H and O–H groups in total. The van der Waals surface area contributed by atoms with E-state index in [4.69, 9.17) is 5.26 Å². The number of benzene rings is 2. The van der Waals surface area contributed by atoms with Crippen LogP contribution in [0.25, 0.3) is 11.1 Å². The summed E-state index contributed by atoms with van der Waals surface area (Å²) in [6.07, 6.45) is -3.69. The zero-order chi connectivity index (χ0) is 25.1. The van der Waals surface area contributed by atoms with Gasteiger partial charge in [0.2, 0.25) is 0 Å². The highest BCUT2D eigenvalue weighted by molar-refractivity contribution is 7.98. The minimum absolute atomic E-state index is 0.289. The molecule has 0 spiro atoms. The van der Waals surface area contributed by atoms with E-state index < -0.39 is 41.7 Å². The molecule has 0 unspecified atom stereocenters. The molecule has 1 amide bonds. The quantitative estimate of drug-likeness (QED) is 0.264. The van der Waals surface area contributed by atoms with Crippen molar-refractivity contribution in [3.05, 3.63) is 54.1 Å². The van der Waals surface area contributed by atoms with Crippen molar-refractivity contribution in [1.82, 2.24) is 5.32 Å². The highest BCUT2D eigenvalue weighted by Crippen LogP contribution is 2.38. The van der Waals surface area contributed by atoms with Crippen LogP contribution in [-0.2, 0) is 4.79 Å². The number of alkyl halides is 5. The molecule has 3 rings (SSSR count). The van der Waals surface area contributed by atoms with Crippen molar-refractivity contribution in [2.24, 2.45) is 4.99 Å². The fourth-order valence-corrected chi connectivity index (χ4v) is 3.70. The van der Waals surface area contributed by atoms with Crippen LogP contribution in [0.5, 0.6) is 0 Å². The van der Waals surface area contributed by atoms with E-state index in [9.17, 15) is 26.7 Å². The number of amides is 1. The van der Waals surface area contributed by atoms with Gasteiger partial charge in [-0.25, -0.2) is 8.78 Å². The predicted octanol–water partition coefficient (Wildman–Crippen LogP) is 6.34. The average molecular weight is 496 g/mol. The Morgan fingerprint density at radius 2 is 1.62 bits per heavy atom. The summed E-state index contributed by atoms with van der Waals surface area (Å²) >= 11 is 1.56. The first-order valence-electron chi connectivity index (χ1n) is 10.4. The fourth-order valence-electron chi connectivity index (χ4n) is 3.29. The number of carbonyl (C=O) groups is 1. The Bertz CT molecular complexity index is 1100. The van der Waals surface area contributed by atoms with Gasteiger partial charge in [-0.3, -0.25) is 9.79 Å². The zero-order valence-corrected chi connectivity index (χ0v) is 19.2. The van der Waals surface area contributed by atoms with E-state index in [1.165, 1.54) is 24.3 Å². The van der Waals surface area contributed by atoms with Gasteiger partial charge in [-0.15, -0.1) is 11.8 Å². The molecular formula is C24H22F5N3OS. The van der Waals surface area contributed by atoms with E-state index in [1.54, 1.807) is 11.8 Å². The van der Waals surface area contributed by atoms with Gasteiger partial charge in [0.05, 0.1) is 12.5 Å². The van der Waals surface area contributed by atoms with E-state index >= 15 is 0 Å². The van der Waals surface area contributed by atoms with E-state index in [1.807, 2.05) is 36.6 Å². The molecule has 0 heterocycles. The van der Waals surface area contributed by atoms with Crippen molar-refractivity contribution in [3.8, 4) is 17.2 Å². The van der Waals surface area contributed by atoms with Crippen LogP contribution in [0.1, 0.15) is 37.8 Å². The molecule has 2 aromatic carbocycles. The zero-order valence-electron chi connectivity index (χ0n) is 18.4. The van der Waals surface area contributed by atoms with Gasteiger partial charge in [0.25, 0.3) is 11.8 Å².